The highest BCUT2D eigenvalue weighted by Crippen LogP contribution is 2.29. The maximum Gasteiger partial charge on any atom is 0.248 e. The largest absolute Gasteiger partial charge is 0.366 e. The predicted molar refractivity (Wildman–Crippen MR) is 93.3 cm³/mol. The molecule has 130 valence electrons. The molecule has 0 aliphatic heterocycles. The lowest BCUT2D eigenvalue weighted by molar-refractivity contribution is -0.132. The summed E-state index contributed by atoms with van der Waals surface area (Å²) < 4.78 is 13.2. The molecule has 0 bridgehead atoms. The van der Waals surface area contributed by atoms with Gasteiger partial charge in [0.2, 0.25) is 11.8 Å². The number of carbonyl (C=O) groups is 2. The summed E-state index contributed by atoms with van der Waals surface area (Å²) in [4.78, 5) is 25.6. The summed E-state index contributed by atoms with van der Waals surface area (Å²) >= 11 is 0. The second-order valence-electron chi connectivity index (χ2n) is 6.44. The Hall–Kier alpha value is -2.69. The number of nitrogens with two attached hydrogens (primary N) is 1. The van der Waals surface area contributed by atoms with Crippen LogP contribution in [0.2, 0.25) is 0 Å². The number of hydrogen-bond acceptors (Lipinski definition) is 2. The highest BCUT2D eigenvalue weighted by atomic mass is 19.1. The Bertz CT molecular complexity index is 770. The molecule has 0 aromatic heterocycles. The van der Waals surface area contributed by atoms with E-state index < -0.39 is 5.91 Å². The van der Waals surface area contributed by atoms with Crippen molar-refractivity contribution in [3.05, 3.63) is 71.0 Å². The summed E-state index contributed by atoms with van der Waals surface area (Å²) in [6.07, 6.45) is 2.93. The Balaban J connectivity index is 1.62. The quantitative estimate of drug-likeness (QED) is 0.842. The first-order valence-corrected chi connectivity index (χ1v) is 8.45. The van der Waals surface area contributed by atoms with Crippen LogP contribution in [0.3, 0.4) is 0 Å². The summed E-state index contributed by atoms with van der Waals surface area (Å²) in [5.74, 6) is -0.666. The molecule has 2 aromatic rings. The molecule has 25 heavy (non-hydrogen) atoms. The molecule has 2 aromatic carbocycles. The van der Waals surface area contributed by atoms with Gasteiger partial charge >= 0.3 is 0 Å². The fourth-order valence-corrected chi connectivity index (χ4v) is 2.87. The van der Waals surface area contributed by atoms with Crippen LogP contribution < -0.4 is 5.73 Å². The molecular formula is C20H21FN2O2. The fraction of sp³-hybridized carbons (Fsp3) is 0.300. The van der Waals surface area contributed by atoms with Gasteiger partial charge in [0.05, 0.1) is 0 Å². The standard InChI is InChI=1S/C20H21FN2O2/c21-17-3-1-2-14(12-17)6-11-19(24)23(18-9-10-18)13-15-4-7-16(8-5-15)20(22)25/h1-5,7-8,12,18H,6,9-11,13H2,(H2,22,25). The Morgan fingerprint density at radius 1 is 1.08 bits per heavy atom. The molecule has 1 aliphatic rings. The molecule has 0 spiro atoms. The predicted octanol–water partition coefficient (Wildman–Crippen LogP) is 3.05. The molecule has 1 saturated carbocycles. The van der Waals surface area contributed by atoms with Gasteiger partial charge in [0, 0.05) is 24.6 Å². The number of rotatable bonds is 7. The Kier molecular flexibility index (Phi) is 5.12. The second-order valence-corrected chi connectivity index (χ2v) is 6.44. The van der Waals surface area contributed by atoms with E-state index in [0.717, 1.165) is 24.0 Å². The van der Waals surface area contributed by atoms with Crippen molar-refractivity contribution in [2.75, 3.05) is 0 Å². The number of aryl methyl sites for hydroxylation is 1. The monoisotopic (exact) mass is 340 g/mol. The minimum atomic E-state index is -0.461. The molecule has 5 heteroatoms. The molecule has 4 nitrogen and oxygen atoms in total. The molecule has 0 saturated heterocycles. The van der Waals surface area contributed by atoms with Crippen LogP contribution in [0, 0.1) is 5.82 Å². The minimum absolute atomic E-state index is 0.0748. The van der Waals surface area contributed by atoms with Crippen LogP contribution in [0.15, 0.2) is 48.5 Å². The van der Waals surface area contributed by atoms with Crippen molar-refractivity contribution in [2.24, 2.45) is 5.73 Å². The van der Waals surface area contributed by atoms with E-state index in [4.69, 9.17) is 5.73 Å². The number of hydrogen-bond donors (Lipinski definition) is 1. The second kappa shape index (κ2) is 7.47. The van der Waals surface area contributed by atoms with Gasteiger partial charge < -0.3 is 10.6 Å². The summed E-state index contributed by atoms with van der Waals surface area (Å²) in [6.45, 7) is 0.520. The lowest BCUT2D eigenvalue weighted by Gasteiger charge is -2.23. The number of amides is 2. The van der Waals surface area contributed by atoms with E-state index in [1.807, 2.05) is 23.1 Å². The van der Waals surface area contributed by atoms with Gasteiger partial charge in [0.25, 0.3) is 0 Å². The average Bonchev–Trinajstić information content (AvgIpc) is 3.43. The lowest BCUT2D eigenvalue weighted by atomic mass is 10.1. The van der Waals surface area contributed by atoms with Crippen LogP contribution in [-0.2, 0) is 17.8 Å². The number of primary amides is 1. The van der Waals surface area contributed by atoms with E-state index in [1.54, 1.807) is 18.2 Å². The lowest BCUT2D eigenvalue weighted by Crippen LogP contribution is -2.32. The minimum Gasteiger partial charge on any atom is -0.366 e. The third-order valence-electron chi connectivity index (χ3n) is 4.42. The van der Waals surface area contributed by atoms with Gasteiger partial charge in [-0.2, -0.15) is 0 Å². The number of halogens is 1. The van der Waals surface area contributed by atoms with E-state index in [0.29, 0.717) is 24.9 Å². The van der Waals surface area contributed by atoms with Crippen LogP contribution in [-0.4, -0.2) is 22.8 Å². The Labute approximate surface area is 146 Å². The van der Waals surface area contributed by atoms with Crippen LogP contribution >= 0.6 is 0 Å². The zero-order valence-electron chi connectivity index (χ0n) is 14.0. The third kappa shape index (κ3) is 4.66. The van der Waals surface area contributed by atoms with E-state index in [-0.39, 0.29) is 17.8 Å². The highest BCUT2D eigenvalue weighted by Gasteiger charge is 2.32. The molecular weight excluding hydrogens is 319 g/mol. The van der Waals surface area contributed by atoms with Crippen molar-refractivity contribution in [3.8, 4) is 0 Å². The van der Waals surface area contributed by atoms with Gasteiger partial charge in [-0.05, 0) is 54.7 Å². The molecule has 0 unspecified atom stereocenters. The van der Waals surface area contributed by atoms with Crippen LogP contribution in [0.4, 0.5) is 4.39 Å². The Morgan fingerprint density at radius 3 is 2.40 bits per heavy atom. The molecule has 2 amide bonds. The summed E-state index contributed by atoms with van der Waals surface area (Å²) in [5.41, 5.74) is 7.50. The van der Waals surface area contributed by atoms with Crippen molar-refractivity contribution >= 4 is 11.8 Å². The SMILES string of the molecule is NC(=O)c1ccc(CN(C(=O)CCc2cccc(F)c2)C2CC2)cc1. The molecule has 0 radical (unpaired) electrons. The normalized spacial score (nSPS) is 13.5. The maximum absolute atomic E-state index is 13.2. The smallest absolute Gasteiger partial charge is 0.248 e. The first kappa shape index (κ1) is 17.1. The maximum atomic E-state index is 13.2. The number of benzene rings is 2. The van der Waals surface area contributed by atoms with Crippen LogP contribution in [0.25, 0.3) is 0 Å². The van der Waals surface area contributed by atoms with Gasteiger partial charge in [0.15, 0.2) is 0 Å². The molecule has 0 atom stereocenters. The van der Waals surface area contributed by atoms with E-state index in [2.05, 4.69) is 0 Å². The Morgan fingerprint density at radius 2 is 1.80 bits per heavy atom. The van der Waals surface area contributed by atoms with Gasteiger partial charge in [-0.25, -0.2) is 4.39 Å². The third-order valence-corrected chi connectivity index (χ3v) is 4.42. The molecule has 1 aliphatic carbocycles. The van der Waals surface area contributed by atoms with Crippen molar-refractivity contribution in [1.82, 2.24) is 4.90 Å². The van der Waals surface area contributed by atoms with E-state index in [1.165, 1.54) is 12.1 Å². The summed E-state index contributed by atoms with van der Waals surface area (Å²) in [7, 11) is 0. The number of nitrogens with zero attached hydrogens (tertiary/aromatic N) is 1. The first-order chi connectivity index (χ1) is 12.0. The van der Waals surface area contributed by atoms with Gasteiger partial charge in [0.1, 0.15) is 5.82 Å². The molecule has 1 fully saturated rings. The van der Waals surface area contributed by atoms with Gasteiger partial charge in [-0.3, -0.25) is 9.59 Å². The van der Waals surface area contributed by atoms with Crippen molar-refractivity contribution in [1.29, 1.82) is 0 Å². The van der Waals surface area contributed by atoms with Crippen LogP contribution in [0.1, 0.15) is 40.7 Å². The van der Waals surface area contributed by atoms with E-state index >= 15 is 0 Å². The average molecular weight is 340 g/mol. The van der Waals surface area contributed by atoms with Crippen molar-refractivity contribution in [2.45, 2.75) is 38.3 Å². The first-order valence-electron chi connectivity index (χ1n) is 8.45. The molecule has 3 rings (SSSR count). The molecule has 2 N–H and O–H groups in total. The van der Waals surface area contributed by atoms with E-state index in [9.17, 15) is 14.0 Å². The van der Waals surface area contributed by atoms with Crippen LogP contribution in [0.5, 0.6) is 0 Å². The fourth-order valence-electron chi connectivity index (χ4n) is 2.87. The van der Waals surface area contributed by atoms with Gasteiger partial charge in [-0.15, -0.1) is 0 Å². The highest BCUT2D eigenvalue weighted by molar-refractivity contribution is 5.92. The summed E-state index contributed by atoms with van der Waals surface area (Å²) in [5, 5.41) is 0. The van der Waals surface area contributed by atoms with Crippen molar-refractivity contribution < 1.29 is 14.0 Å². The zero-order chi connectivity index (χ0) is 17.8. The van der Waals surface area contributed by atoms with Crippen molar-refractivity contribution in [3.63, 3.8) is 0 Å². The summed E-state index contributed by atoms with van der Waals surface area (Å²) in [6, 6.07) is 13.7. The zero-order valence-corrected chi connectivity index (χ0v) is 14.0. The topological polar surface area (TPSA) is 63.4 Å². The number of carbonyl (C=O) groups excluding carboxylic acids is 2. The molecule has 0 heterocycles. The van der Waals surface area contributed by atoms with Gasteiger partial charge in [-0.1, -0.05) is 24.3 Å².